The number of hydrogen-bond donors (Lipinski definition) is 1. The Bertz CT molecular complexity index is 1270. The van der Waals surface area contributed by atoms with E-state index in [1.807, 2.05) is 49.5 Å². The second-order valence-electron chi connectivity index (χ2n) is 7.47. The molecule has 1 aliphatic heterocycles. The van der Waals surface area contributed by atoms with Gasteiger partial charge in [-0.25, -0.2) is 9.37 Å². The first-order valence-corrected chi connectivity index (χ1v) is 9.96. The van der Waals surface area contributed by atoms with Gasteiger partial charge in [-0.3, -0.25) is 4.79 Å². The lowest BCUT2D eigenvalue weighted by molar-refractivity contribution is -0.116. The number of fused-ring (bicyclic) bond motifs is 2. The Balaban J connectivity index is 1.52. The zero-order valence-electron chi connectivity index (χ0n) is 16.8. The Labute approximate surface area is 178 Å². The molecule has 0 bridgehead atoms. The summed E-state index contributed by atoms with van der Waals surface area (Å²) in [6.45, 7) is 2.19. The van der Waals surface area contributed by atoms with Crippen LogP contribution in [0.5, 0.6) is 11.5 Å². The van der Waals surface area contributed by atoms with Crippen molar-refractivity contribution in [2.45, 2.75) is 19.3 Å². The second kappa shape index (κ2) is 7.75. The Morgan fingerprint density at radius 1 is 1.13 bits per heavy atom. The first kappa shape index (κ1) is 19.1. The number of nitrogens with zero attached hydrogens (tertiary/aromatic N) is 2. The molecule has 1 N–H and O–H groups in total. The minimum atomic E-state index is -0.350. The Morgan fingerprint density at radius 3 is 2.77 bits per heavy atom. The lowest BCUT2D eigenvalue weighted by Crippen LogP contribution is -2.18. The van der Waals surface area contributed by atoms with E-state index in [4.69, 9.17) is 9.47 Å². The smallest absolute Gasteiger partial charge is 0.231 e. The van der Waals surface area contributed by atoms with Crippen LogP contribution in [0.3, 0.4) is 0 Å². The van der Waals surface area contributed by atoms with Crippen molar-refractivity contribution >= 4 is 17.2 Å². The average Bonchev–Trinajstić information content (AvgIpc) is 3.41. The summed E-state index contributed by atoms with van der Waals surface area (Å²) in [5.74, 6) is 0.542. The van der Waals surface area contributed by atoms with E-state index in [2.05, 4.69) is 14.7 Å². The van der Waals surface area contributed by atoms with Crippen molar-refractivity contribution in [1.29, 1.82) is 0 Å². The number of ether oxygens (including phenoxy) is 2. The van der Waals surface area contributed by atoms with Gasteiger partial charge < -0.3 is 19.2 Å². The second-order valence-corrected chi connectivity index (χ2v) is 7.47. The topological polar surface area (TPSA) is 64.9 Å². The molecule has 0 saturated carbocycles. The summed E-state index contributed by atoms with van der Waals surface area (Å²) in [5.41, 5.74) is 4.21. The number of anilines is 1. The van der Waals surface area contributed by atoms with E-state index in [1.54, 1.807) is 12.1 Å². The quantitative estimate of drug-likeness (QED) is 0.513. The standard InChI is InChI=1S/C24H20FN3O3/c1-15-3-2-4-23-26-13-20(28(15)23)19(16-5-10-21-22(11-16)31-14-30-21)12-24(29)27-18-8-6-17(25)7-9-18/h2-11,13,19H,12,14H2,1H3,(H,27,29). The molecule has 0 spiro atoms. The van der Waals surface area contributed by atoms with Gasteiger partial charge in [-0.1, -0.05) is 12.1 Å². The van der Waals surface area contributed by atoms with E-state index >= 15 is 0 Å². The van der Waals surface area contributed by atoms with Crippen LogP contribution in [0, 0.1) is 12.7 Å². The molecule has 31 heavy (non-hydrogen) atoms. The number of hydrogen-bond acceptors (Lipinski definition) is 4. The van der Waals surface area contributed by atoms with Crippen LogP contribution >= 0.6 is 0 Å². The zero-order valence-corrected chi connectivity index (χ0v) is 16.8. The fraction of sp³-hybridized carbons (Fsp3) is 0.167. The normalized spacial score (nSPS) is 13.4. The highest BCUT2D eigenvalue weighted by Gasteiger charge is 2.25. The van der Waals surface area contributed by atoms with Crippen LogP contribution in [-0.2, 0) is 4.79 Å². The summed E-state index contributed by atoms with van der Waals surface area (Å²) in [4.78, 5) is 17.5. The number of amides is 1. The van der Waals surface area contributed by atoms with E-state index < -0.39 is 0 Å². The molecule has 0 saturated heterocycles. The maximum atomic E-state index is 13.2. The third-order valence-corrected chi connectivity index (χ3v) is 5.43. The monoisotopic (exact) mass is 417 g/mol. The van der Waals surface area contributed by atoms with E-state index in [0.29, 0.717) is 17.2 Å². The van der Waals surface area contributed by atoms with Crippen molar-refractivity contribution in [2.24, 2.45) is 0 Å². The van der Waals surface area contributed by atoms with Gasteiger partial charge in [0.1, 0.15) is 11.5 Å². The first-order valence-electron chi connectivity index (χ1n) is 9.96. The van der Waals surface area contributed by atoms with Gasteiger partial charge in [0.15, 0.2) is 11.5 Å². The van der Waals surface area contributed by atoms with Gasteiger partial charge in [-0.15, -0.1) is 0 Å². The summed E-state index contributed by atoms with van der Waals surface area (Å²) < 4.78 is 26.2. The minimum absolute atomic E-state index is 0.180. The van der Waals surface area contributed by atoms with Crippen molar-refractivity contribution in [3.63, 3.8) is 0 Å². The highest BCUT2D eigenvalue weighted by Crippen LogP contribution is 2.38. The van der Waals surface area contributed by atoms with Gasteiger partial charge in [0, 0.05) is 29.9 Å². The number of rotatable bonds is 5. The molecule has 2 aromatic carbocycles. The van der Waals surface area contributed by atoms with Crippen LogP contribution in [0.15, 0.2) is 66.9 Å². The Kier molecular flexibility index (Phi) is 4.78. The van der Waals surface area contributed by atoms with E-state index in [-0.39, 0.29) is 30.9 Å². The van der Waals surface area contributed by atoms with Crippen LogP contribution in [0.1, 0.15) is 29.3 Å². The van der Waals surface area contributed by atoms with Crippen molar-refractivity contribution < 1.29 is 18.7 Å². The minimum Gasteiger partial charge on any atom is -0.454 e. The van der Waals surface area contributed by atoms with Gasteiger partial charge >= 0.3 is 0 Å². The number of aryl methyl sites for hydroxylation is 1. The molecule has 0 fully saturated rings. The predicted octanol–water partition coefficient (Wildman–Crippen LogP) is 4.67. The summed E-state index contributed by atoms with van der Waals surface area (Å²) >= 11 is 0. The van der Waals surface area contributed by atoms with E-state index in [9.17, 15) is 9.18 Å². The molecule has 1 atom stereocenters. The molecule has 2 aromatic heterocycles. The number of carbonyl (C=O) groups is 1. The van der Waals surface area contributed by atoms with Gasteiger partial charge in [-0.05, 0) is 61.0 Å². The van der Waals surface area contributed by atoms with Crippen molar-refractivity contribution in [2.75, 3.05) is 12.1 Å². The number of carbonyl (C=O) groups excluding carboxylic acids is 1. The molecule has 1 amide bonds. The number of aromatic nitrogens is 2. The van der Waals surface area contributed by atoms with Crippen LogP contribution in [0.2, 0.25) is 0 Å². The average molecular weight is 417 g/mol. The molecule has 5 rings (SSSR count). The zero-order chi connectivity index (χ0) is 21.4. The molecule has 4 aromatic rings. The molecule has 0 radical (unpaired) electrons. The van der Waals surface area contributed by atoms with E-state index in [0.717, 1.165) is 22.6 Å². The lowest BCUT2D eigenvalue weighted by atomic mass is 9.91. The predicted molar refractivity (Wildman–Crippen MR) is 114 cm³/mol. The molecular weight excluding hydrogens is 397 g/mol. The first-order chi connectivity index (χ1) is 15.1. The van der Waals surface area contributed by atoms with Crippen LogP contribution < -0.4 is 14.8 Å². The number of nitrogens with one attached hydrogen (secondary N) is 1. The maximum Gasteiger partial charge on any atom is 0.231 e. The molecule has 3 heterocycles. The molecule has 1 aliphatic rings. The fourth-order valence-electron chi connectivity index (χ4n) is 3.93. The molecule has 1 unspecified atom stereocenters. The highest BCUT2D eigenvalue weighted by molar-refractivity contribution is 5.91. The molecular formula is C24H20FN3O3. The van der Waals surface area contributed by atoms with Gasteiger partial charge in [0.2, 0.25) is 12.7 Å². The lowest BCUT2D eigenvalue weighted by Gasteiger charge is -2.19. The summed E-state index contributed by atoms with van der Waals surface area (Å²) in [6.07, 6.45) is 1.99. The molecule has 7 heteroatoms. The number of pyridine rings is 1. The Morgan fingerprint density at radius 2 is 1.94 bits per heavy atom. The third kappa shape index (κ3) is 3.70. The molecule has 0 aliphatic carbocycles. The van der Waals surface area contributed by atoms with Crippen molar-refractivity contribution in [3.05, 3.63) is 89.6 Å². The van der Waals surface area contributed by atoms with Crippen LogP contribution in [0.4, 0.5) is 10.1 Å². The van der Waals surface area contributed by atoms with Crippen molar-refractivity contribution in [3.8, 4) is 11.5 Å². The van der Waals surface area contributed by atoms with Gasteiger partial charge in [0.05, 0.1) is 5.69 Å². The van der Waals surface area contributed by atoms with E-state index in [1.165, 1.54) is 12.1 Å². The molecule has 156 valence electrons. The highest BCUT2D eigenvalue weighted by atomic mass is 19.1. The largest absolute Gasteiger partial charge is 0.454 e. The Hall–Kier alpha value is -3.87. The summed E-state index contributed by atoms with van der Waals surface area (Å²) in [6, 6.07) is 17.3. The fourth-order valence-corrected chi connectivity index (χ4v) is 3.93. The van der Waals surface area contributed by atoms with Gasteiger partial charge in [0.25, 0.3) is 0 Å². The third-order valence-electron chi connectivity index (χ3n) is 5.43. The van der Waals surface area contributed by atoms with Crippen LogP contribution in [-0.4, -0.2) is 22.1 Å². The summed E-state index contributed by atoms with van der Waals surface area (Å²) in [5, 5.41) is 2.86. The molecule has 6 nitrogen and oxygen atoms in total. The summed E-state index contributed by atoms with van der Waals surface area (Å²) in [7, 11) is 0. The number of benzene rings is 2. The maximum absolute atomic E-state index is 13.2. The number of halogens is 1. The van der Waals surface area contributed by atoms with Gasteiger partial charge in [-0.2, -0.15) is 0 Å². The number of imidazole rings is 1. The van der Waals surface area contributed by atoms with Crippen LogP contribution in [0.25, 0.3) is 5.65 Å². The van der Waals surface area contributed by atoms with Crippen molar-refractivity contribution in [1.82, 2.24) is 9.38 Å². The SMILES string of the molecule is Cc1cccc2ncc(C(CC(=O)Nc3ccc(F)cc3)c3ccc4c(c3)OCO4)n12.